The van der Waals surface area contributed by atoms with Crippen molar-refractivity contribution in [3.8, 4) is 0 Å². The van der Waals surface area contributed by atoms with E-state index in [1.807, 2.05) is 18.3 Å². The van der Waals surface area contributed by atoms with E-state index in [-0.39, 0.29) is 12.1 Å². The van der Waals surface area contributed by atoms with Crippen LogP contribution in [0, 0.1) is 5.92 Å². The summed E-state index contributed by atoms with van der Waals surface area (Å²) in [6, 6.07) is 4.07. The van der Waals surface area contributed by atoms with Crippen LogP contribution in [0.2, 0.25) is 0 Å². The van der Waals surface area contributed by atoms with Gasteiger partial charge >= 0.3 is 0 Å². The van der Waals surface area contributed by atoms with Crippen molar-refractivity contribution in [2.75, 3.05) is 6.54 Å². The van der Waals surface area contributed by atoms with Gasteiger partial charge in [0, 0.05) is 24.3 Å². The number of aromatic nitrogens is 1. The van der Waals surface area contributed by atoms with E-state index in [1.54, 1.807) is 6.20 Å². The zero-order valence-corrected chi connectivity index (χ0v) is 11.2. The molecule has 0 bridgehead atoms. The maximum absolute atomic E-state index is 9.82. The van der Waals surface area contributed by atoms with Crippen molar-refractivity contribution < 1.29 is 9.52 Å². The average Bonchev–Trinajstić information content (AvgIpc) is 3.01. The number of aliphatic hydroxyl groups excluding tert-OH is 1. The highest BCUT2D eigenvalue weighted by molar-refractivity contribution is 5.76. The first-order valence-electron chi connectivity index (χ1n) is 6.99. The SMILES string of the molecule is CC(NC[C@H]1CCC[C@@H]1O)c1cc2cnccc2o1. The number of nitrogens with zero attached hydrogens (tertiary/aromatic N) is 1. The number of rotatable bonds is 4. The number of aliphatic hydroxyl groups is 1. The molecular weight excluding hydrogens is 240 g/mol. The summed E-state index contributed by atoms with van der Waals surface area (Å²) in [6.45, 7) is 2.93. The normalized spacial score (nSPS) is 24.9. The van der Waals surface area contributed by atoms with Gasteiger partial charge < -0.3 is 14.8 Å². The second-order valence-corrected chi connectivity index (χ2v) is 5.45. The first kappa shape index (κ1) is 12.6. The highest BCUT2D eigenvalue weighted by Crippen LogP contribution is 2.27. The van der Waals surface area contributed by atoms with Gasteiger partial charge in [-0.25, -0.2) is 0 Å². The van der Waals surface area contributed by atoms with Gasteiger partial charge in [0.15, 0.2) is 0 Å². The third kappa shape index (κ3) is 2.65. The Labute approximate surface area is 112 Å². The first-order chi connectivity index (χ1) is 9.24. The van der Waals surface area contributed by atoms with Gasteiger partial charge in [-0.2, -0.15) is 0 Å². The average molecular weight is 260 g/mol. The van der Waals surface area contributed by atoms with Crippen LogP contribution in [0.1, 0.15) is 38.0 Å². The van der Waals surface area contributed by atoms with Gasteiger partial charge in [0.05, 0.1) is 12.1 Å². The van der Waals surface area contributed by atoms with E-state index >= 15 is 0 Å². The van der Waals surface area contributed by atoms with E-state index < -0.39 is 0 Å². The van der Waals surface area contributed by atoms with Crippen molar-refractivity contribution in [1.82, 2.24) is 10.3 Å². The molecular formula is C15H20N2O2. The van der Waals surface area contributed by atoms with Crippen molar-refractivity contribution >= 4 is 11.0 Å². The lowest BCUT2D eigenvalue weighted by Gasteiger charge is -2.18. The summed E-state index contributed by atoms with van der Waals surface area (Å²) in [5, 5.41) is 14.3. The lowest BCUT2D eigenvalue weighted by Crippen LogP contribution is -2.29. The molecule has 1 unspecified atom stereocenters. The summed E-state index contributed by atoms with van der Waals surface area (Å²) in [4.78, 5) is 4.09. The Hall–Kier alpha value is -1.39. The van der Waals surface area contributed by atoms with Crippen molar-refractivity contribution in [3.05, 3.63) is 30.3 Å². The van der Waals surface area contributed by atoms with Gasteiger partial charge in [-0.3, -0.25) is 4.98 Å². The van der Waals surface area contributed by atoms with Crippen LogP contribution in [-0.4, -0.2) is 22.7 Å². The van der Waals surface area contributed by atoms with E-state index in [9.17, 15) is 5.11 Å². The number of hydrogen-bond donors (Lipinski definition) is 2. The molecule has 2 N–H and O–H groups in total. The predicted octanol–water partition coefficient (Wildman–Crippen LogP) is 2.64. The summed E-state index contributed by atoms with van der Waals surface area (Å²) in [5.41, 5.74) is 0.875. The van der Waals surface area contributed by atoms with Crippen LogP contribution in [0.3, 0.4) is 0 Å². The van der Waals surface area contributed by atoms with Gasteiger partial charge in [0.1, 0.15) is 11.3 Å². The number of nitrogens with one attached hydrogen (secondary N) is 1. The van der Waals surface area contributed by atoms with Crippen LogP contribution in [-0.2, 0) is 0 Å². The molecule has 1 saturated carbocycles. The molecule has 1 fully saturated rings. The van der Waals surface area contributed by atoms with Gasteiger partial charge in [-0.15, -0.1) is 0 Å². The molecule has 19 heavy (non-hydrogen) atoms. The topological polar surface area (TPSA) is 58.3 Å². The smallest absolute Gasteiger partial charge is 0.137 e. The molecule has 4 heteroatoms. The molecule has 0 radical (unpaired) electrons. The Bertz CT molecular complexity index is 519. The van der Waals surface area contributed by atoms with E-state index in [1.165, 1.54) is 0 Å². The number of hydrogen-bond acceptors (Lipinski definition) is 4. The number of fused-ring (bicyclic) bond motifs is 1. The molecule has 0 saturated heterocycles. The molecule has 3 rings (SSSR count). The van der Waals surface area contributed by atoms with Crippen LogP contribution in [0.25, 0.3) is 11.0 Å². The third-order valence-corrected chi connectivity index (χ3v) is 4.07. The summed E-state index contributed by atoms with van der Waals surface area (Å²) in [6.07, 6.45) is 6.61. The van der Waals surface area contributed by atoms with Gasteiger partial charge in [0.25, 0.3) is 0 Å². The fraction of sp³-hybridized carbons (Fsp3) is 0.533. The van der Waals surface area contributed by atoms with Crippen molar-refractivity contribution in [3.63, 3.8) is 0 Å². The summed E-state index contributed by atoms with van der Waals surface area (Å²) < 4.78 is 5.81. The second-order valence-electron chi connectivity index (χ2n) is 5.45. The Morgan fingerprint density at radius 2 is 2.42 bits per heavy atom. The third-order valence-electron chi connectivity index (χ3n) is 4.07. The molecule has 102 valence electrons. The molecule has 0 aromatic carbocycles. The van der Waals surface area contributed by atoms with Crippen molar-refractivity contribution in [2.24, 2.45) is 5.92 Å². The van der Waals surface area contributed by atoms with E-state index in [4.69, 9.17) is 4.42 Å². The van der Waals surface area contributed by atoms with Crippen LogP contribution in [0.4, 0.5) is 0 Å². The zero-order valence-electron chi connectivity index (χ0n) is 11.2. The van der Waals surface area contributed by atoms with Gasteiger partial charge in [-0.1, -0.05) is 6.42 Å². The van der Waals surface area contributed by atoms with Crippen LogP contribution >= 0.6 is 0 Å². The van der Waals surface area contributed by atoms with Crippen LogP contribution in [0.15, 0.2) is 28.9 Å². The maximum atomic E-state index is 9.82. The van der Waals surface area contributed by atoms with Crippen molar-refractivity contribution in [1.29, 1.82) is 0 Å². The zero-order chi connectivity index (χ0) is 13.2. The Morgan fingerprint density at radius 3 is 3.16 bits per heavy atom. The fourth-order valence-corrected chi connectivity index (χ4v) is 2.80. The monoisotopic (exact) mass is 260 g/mol. The lowest BCUT2D eigenvalue weighted by molar-refractivity contribution is 0.129. The van der Waals surface area contributed by atoms with E-state index in [0.717, 1.165) is 42.5 Å². The van der Waals surface area contributed by atoms with E-state index in [0.29, 0.717) is 5.92 Å². The molecule has 4 nitrogen and oxygen atoms in total. The number of furan rings is 1. The Kier molecular flexibility index (Phi) is 3.53. The number of pyridine rings is 1. The summed E-state index contributed by atoms with van der Waals surface area (Å²) in [7, 11) is 0. The second kappa shape index (κ2) is 5.31. The Morgan fingerprint density at radius 1 is 1.53 bits per heavy atom. The molecule has 3 atom stereocenters. The minimum Gasteiger partial charge on any atom is -0.459 e. The standard InChI is InChI=1S/C15H20N2O2/c1-10(17-9-11-3-2-4-13(11)18)15-7-12-8-16-6-5-14(12)19-15/h5-8,10-11,13,17-18H,2-4,9H2,1H3/t10?,11-,13+/m1/s1. The Balaban J connectivity index is 1.64. The predicted molar refractivity (Wildman–Crippen MR) is 73.8 cm³/mol. The minimum absolute atomic E-state index is 0.139. The molecule has 0 aliphatic heterocycles. The fourth-order valence-electron chi connectivity index (χ4n) is 2.80. The van der Waals surface area contributed by atoms with E-state index in [2.05, 4.69) is 17.2 Å². The lowest BCUT2D eigenvalue weighted by atomic mass is 10.1. The largest absolute Gasteiger partial charge is 0.459 e. The van der Waals surface area contributed by atoms with Crippen LogP contribution in [0.5, 0.6) is 0 Å². The van der Waals surface area contributed by atoms with Crippen molar-refractivity contribution in [2.45, 2.75) is 38.3 Å². The molecule has 2 aromatic heterocycles. The maximum Gasteiger partial charge on any atom is 0.137 e. The molecule has 2 heterocycles. The first-order valence-corrected chi connectivity index (χ1v) is 6.99. The molecule has 1 aliphatic rings. The summed E-state index contributed by atoms with van der Waals surface area (Å²) >= 11 is 0. The summed E-state index contributed by atoms with van der Waals surface area (Å²) in [5.74, 6) is 1.31. The highest BCUT2D eigenvalue weighted by atomic mass is 16.3. The van der Waals surface area contributed by atoms with Gasteiger partial charge in [0.2, 0.25) is 0 Å². The highest BCUT2D eigenvalue weighted by Gasteiger charge is 2.25. The van der Waals surface area contributed by atoms with Gasteiger partial charge in [-0.05, 0) is 37.8 Å². The molecule has 2 aromatic rings. The minimum atomic E-state index is -0.139. The molecule has 0 spiro atoms. The van der Waals surface area contributed by atoms with Crippen LogP contribution < -0.4 is 5.32 Å². The quantitative estimate of drug-likeness (QED) is 0.887. The molecule has 1 aliphatic carbocycles. The molecule has 0 amide bonds.